The average Bonchev–Trinajstić information content (AvgIpc) is 3.16. The number of benzene rings is 1. The zero-order chi connectivity index (χ0) is 13.4. The molecule has 0 bridgehead atoms. The molecule has 0 saturated heterocycles. The fourth-order valence-electron chi connectivity index (χ4n) is 1.98. The Hall–Kier alpha value is -1.82. The van der Waals surface area contributed by atoms with Crippen LogP contribution in [0.5, 0.6) is 0 Å². The monoisotopic (exact) mass is 320 g/mol. The molecule has 19 heavy (non-hydrogen) atoms. The number of halogens is 1. The van der Waals surface area contributed by atoms with E-state index in [1.807, 2.05) is 23.0 Å². The molecule has 0 radical (unpaired) electrons. The standard InChI is InChI=1S/C13H13BrN4O/c14-10-7-9(13(15)17-19)3-4-12(10)18-6-5-11(16-18)8-1-2-8/h3-8,19H,1-2H2,(H2,15,17). The van der Waals surface area contributed by atoms with Crippen LogP contribution in [0.4, 0.5) is 0 Å². The van der Waals surface area contributed by atoms with Gasteiger partial charge in [-0.25, -0.2) is 4.68 Å². The molecule has 5 nitrogen and oxygen atoms in total. The van der Waals surface area contributed by atoms with Crippen LogP contribution in [0.2, 0.25) is 0 Å². The van der Waals surface area contributed by atoms with Crippen molar-refractivity contribution in [2.24, 2.45) is 10.9 Å². The van der Waals surface area contributed by atoms with E-state index in [9.17, 15) is 0 Å². The number of amidine groups is 1. The van der Waals surface area contributed by atoms with E-state index in [0.717, 1.165) is 15.9 Å². The van der Waals surface area contributed by atoms with Gasteiger partial charge >= 0.3 is 0 Å². The zero-order valence-electron chi connectivity index (χ0n) is 10.1. The van der Waals surface area contributed by atoms with Crippen molar-refractivity contribution in [3.05, 3.63) is 46.2 Å². The van der Waals surface area contributed by atoms with Crippen LogP contribution in [0.3, 0.4) is 0 Å². The molecule has 1 saturated carbocycles. The molecule has 1 heterocycles. The molecule has 0 aliphatic heterocycles. The molecule has 1 aliphatic carbocycles. The molecule has 0 spiro atoms. The minimum atomic E-state index is 0.0892. The molecule has 0 amide bonds. The molecule has 2 aromatic rings. The van der Waals surface area contributed by atoms with Gasteiger partial charge in [0.25, 0.3) is 0 Å². The summed E-state index contributed by atoms with van der Waals surface area (Å²) in [5, 5.41) is 16.2. The minimum absolute atomic E-state index is 0.0892. The third kappa shape index (κ3) is 2.35. The van der Waals surface area contributed by atoms with E-state index in [0.29, 0.717) is 11.5 Å². The zero-order valence-corrected chi connectivity index (χ0v) is 11.7. The van der Waals surface area contributed by atoms with Gasteiger partial charge in [0.1, 0.15) is 0 Å². The van der Waals surface area contributed by atoms with E-state index in [-0.39, 0.29) is 5.84 Å². The first-order chi connectivity index (χ1) is 9.19. The molecule has 6 heteroatoms. The van der Waals surface area contributed by atoms with Crippen LogP contribution in [0, 0.1) is 0 Å². The van der Waals surface area contributed by atoms with Crippen molar-refractivity contribution in [2.45, 2.75) is 18.8 Å². The van der Waals surface area contributed by atoms with Gasteiger partial charge in [0, 0.05) is 22.2 Å². The average molecular weight is 321 g/mol. The summed E-state index contributed by atoms with van der Waals surface area (Å²) < 4.78 is 2.69. The van der Waals surface area contributed by atoms with Crippen LogP contribution in [0.1, 0.15) is 30.0 Å². The Labute approximate surface area is 118 Å². The van der Waals surface area contributed by atoms with Gasteiger partial charge in [-0.05, 0) is 53.0 Å². The molecular weight excluding hydrogens is 308 g/mol. The van der Waals surface area contributed by atoms with Crippen molar-refractivity contribution in [1.82, 2.24) is 9.78 Å². The Balaban J connectivity index is 1.95. The Morgan fingerprint density at radius 3 is 2.84 bits per heavy atom. The lowest BCUT2D eigenvalue weighted by molar-refractivity contribution is 0.318. The predicted molar refractivity (Wildman–Crippen MR) is 75.7 cm³/mol. The minimum Gasteiger partial charge on any atom is -0.409 e. The Morgan fingerprint density at radius 1 is 1.42 bits per heavy atom. The van der Waals surface area contributed by atoms with Crippen LogP contribution in [-0.4, -0.2) is 20.8 Å². The summed E-state index contributed by atoms with van der Waals surface area (Å²) in [4.78, 5) is 0. The fraction of sp³-hybridized carbons (Fsp3) is 0.231. The summed E-state index contributed by atoms with van der Waals surface area (Å²) in [7, 11) is 0. The topological polar surface area (TPSA) is 76.4 Å². The Bertz CT molecular complexity index is 646. The largest absolute Gasteiger partial charge is 0.409 e. The number of nitrogens with zero attached hydrogens (tertiary/aromatic N) is 3. The summed E-state index contributed by atoms with van der Waals surface area (Å²) >= 11 is 3.49. The molecule has 0 atom stereocenters. The van der Waals surface area contributed by atoms with E-state index in [4.69, 9.17) is 10.9 Å². The lowest BCUT2D eigenvalue weighted by Gasteiger charge is -2.06. The second kappa shape index (κ2) is 4.70. The van der Waals surface area contributed by atoms with Crippen molar-refractivity contribution in [3.8, 4) is 5.69 Å². The first kappa shape index (κ1) is 12.2. The van der Waals surface area contributed by atoms with Gasteiger partial charge in [-0.3, -0.25) is 0 Å². The molecule has 1 fully saturated rings. The molecule has 3 rings (SSSR count). The van der Waals surface area contributed by atoms with Crippen molar-refractivity contribution in [2.75, 3.05) is 0 Å². The Morgan fingerprint density at radius 2 is 2.21 bits per heavy atom. The highest BCUT2D eigenvalue weighted by molar-refractivity contribution is 9.10. The molecular formula is C13H13BrN4O. The van der Waals surface area contributed by atoms with Crippen LogP contribution in [0.25, 0.3) is 5.69 Å². The smallest absolute Gasteiger partial charge is 0.170 e. The number of hydrogen-bond donors (Lipinski definition) is 2. The maximum Gasteiger partial charge on any atom is 0.170 e. The van der Waals surface area contributed by atoms with Crippen LogP contribution < -0.4 is 5.73 Å². The number of nitrogens with two attached hydrogens (primary N) is 1. The molecule has 3 N–H and O–H groups in total. The van der Waals surface area contributed by atoms with Crippen molar-refractivity contribution in [1.29, 1.82) is 0 Å². The lowest BCUT2D eigenvalue weighted by atomic mass is 10.2. The third-order valence-electron chi connectivity index (χ3n) is 3.20. The van der Waals surface area contributed by atoms with Crippen LogP contribution in [0.15, 0.2) is 40.1 Å². The first-order valence-corrected chi connectivity index (χ1v) is 6.81. The van der Waals surface area contributed by atoms with E-state index < -0.39 is 0 Å². The summed E-state index contributed by atoms with van der Waals surface area (Å²) in [6.07, 6.45) is 4.43. The van der Waals surface area contributed by atoms with Gasteiger partial charge in [-0.1, -0.05) is 5.16 Å². The number of aromatic nitrogens is 2. The number of oxime groups is 1. The van der Waals surface area contributed by atoms with E-state index in [2.05, 4.69) is 32.3 Å². The highest BCUT2D eigenvalue weighted by Gasteiger charge is 2.26. The van der Waals surface area contributed by atoms with E-state index in [1.165, 1.54) is 12.8 Å². The SMILES string of the molecule is N/C(=N/O)c1ccc(-n2ccc(C3CC3)n2)c(Br)c1. The lowest BCUT2D eigenvalue weighted by Crippen LogP contribution is -2.13. The quantitative estimate of drug-likeness (QED) is 0.395. The second-order valence-electron chi connectivity index (χ2n) is 4.61. The third-order valence-corrected chi connectivity index (χ3v) is 3.84. The normalized spacial score (nSPS) is 15.7. The fourth-order valence-corrected chi connectivity index (χ4v) is 2.54. The van der Waals surface area contributed by atoms with Gasteiger partial charge < -0.3 is 10.9 Å². The predicted octanol–water partition coefficient (Wildman–Crippen LogP) is 2.61. The summed E-state index contributed by atoms with van der Waals surface area (Å²) in [6, 6.07) is 7.55. The molecule has 1 aromatic heterocycles. The van der Waals surface area contributed by atoms with Crippen molar-refractivity contribution < 1.29 is 5.21 Å². The van der Waals surface area contributed by atoms with Crippen LogP contribution >= 0.6 is 15.9 Å². The van der Waals surface area contributed by atoms with Gasteiger partial charge in [-0.15, -0.1) is 0 Å². The number of rotatable bonds is 3. The summed E-state index contributed by atoms with van der Waals surface area (Å²) in [6.45, 7) is 0. The molecule has 1 aliphatic rings. The highest BCUT2D eigenvalue weighted by atomic mass is 79.9. The van der Waals surface area contributed by atoms with Gasteiger partial charge in [0.05, 0.1) is 11.4 Å². The summed E-state index contributed by atoms with van der Waals surface area (Å²) in [5.74, 6) is 0.725. The van der Waals surface area contributed by atoms with Gasteiger partial charge in [0.15, 0.2) is 5.84 Å². The van der Waals surface area contributed by atoms with E-state index >= 15 is 0 Å². The van der Waals surface area contributed by atoms with Crippen molar-refractivity contribution in [3.63, 3.8) is 0 Å². The van der Waals surface area contributed by atoms with Gasteiger partial charge in [-0.2, -0.15) is 5.10 Å². The first-order valence-electron chi connectivity index (χ1n) is 6.02. The van der Waals surface area contributed by atoms with Gasteiger partial charge in [0.2, 0.25) is 0 Å². The number of hydrogen-bond acceptors (Lipinski definition) is 3. The van der Waals surface area contributed by atoms with E-state index in [1.54, 1.807) is 6.07 Å². The Kier molecular flexibility index (Phi) is 3.02. The maximum absolute atomic E-state index is 8.67. The maximum atomic E-state index is 8.67. The highest BCUT2D eigenvalue weighted by Crippen LogP contribution is 2.39. The van der Waals surface area contributed by atoms with Crippen LogP contribution in [-0.2, 0) is 0 Å². The van der Waals surface area contributed by atoms with Crippen molar-refractivity contribution >= 4 is 21.8 Å². The molecule has 98 valence electrons. The molecule has 0 unspecified atom stereocenters. The summed E-state index contributed by atoms with van der Waals surface area (Å²) in [5.41, 5.74) is 8.30. The second-order valence-corrected chi connectivity index (χ2v) is 5.47. The molecule has 1 aromatic carbocycles.